The van der Waals surface area contributed by atoms with Crippen LogP contribution in [0.15, 0.2) is 30.3 Å². The Bertz CT molecular complexity index is 264. The van der Waals surface area contributed by atoms with Crippen LogP contribution in [0.25, 0.3) is 0 Å². The highest BCUT2D eigenvalue weighted by Crippen LogP contribution is 2.33. The van der Waals surface area contributed by atoms with Gasteiger partial charge in [-0.3, -0.25) is 0 Å². The van der Waals surface area contributed by atoms with Crippen molar-refractivity contribution in [2.24, 2.45) is 0 Å². The van der Waals surface area contributed by atoms with Gasteiger partial charge in [-0.15, -0.1) is 0 Å². The van der Waals surface area contributed by atoms with E-state index in [4.69, 9.17) is 4.74 Å². The molecule has 0 bridgehead atoms. The van der Waals surface area contributed by atoms with Crippen molar-refractivity contribution in [3.8, 4) is 0 Å². The van der Waals surface area contributed by atoms with Crippen molar-refractivity contribution in [2.45, 2.75) is 38.2 Å². The Morgan fingerprint density at radius 1 is 1.36 bits per heavy atom. The summed E-state index contributed by atoms with van der Waals surface area (Å²) < 4.78 is 5.42. The Balaban J connectivity index is 2.02. The minimum Gasteiger partial charge on any atom is -0.372 e. The van der Waals surface area contributed by atoms with Crippen LogP contribution < -0.4 is 0 Å². The van der Waals surface area contributed by atoms with Crippen LogP contribution in [0.1, 0.15) is 37.7 Å². The molecule has 1 aromatic carbocycles. The molecule has 1 aliphatic heterocycles. The standard InChI is InChI=1S/C13H18O/c1-2-3-9-12(13-10-14-13)11-7-5-4-6-8-11/h4-8,12-13H,2-3,9-10H2,1H3. The van der Waals surface area contributed by atoms with Crippen molar-refractivity contribution >= 4 is 0 Å². The van der Waals surface area contributed by atoms with Crippen molar-refractivity contribution in [2.75, 3.05) is 6.61 Å². The zero-order valence-corrected chi connectivity index (χ0v) is 8.78. The first-order valence-electron chi connectivity index (χ1n) is 5.58. The molecule has 0 N–H and O–H groups in total. The third kappa shape index (κ3) is 2.36. The average molecular weight is 190 g/mol. The van der Waals surface area contributed by atoms with E-state index in [2.05, 4.69) is 37.3 Å². The number of hydrogen-bond acceptors (Lipinski definition) is 1. The Morgan fingerprint density at radius 2 is 2.07 bits per heavy atom. The van der Waals surface area contributed by atoms with E-state index in [-0.39, 0.29) is 0 Å². The average Bonchev–Trinajstić information content (AvgIpc) is 3.04. The molecule has 76 valence electrons. The smallest absolute Gasteiger partial charge is 0.0878 e. The zero-order chi connectivity index (χ0) is 9.80. The quantitative estimate of drug-likeness (QED) is 0.649. The van der Waals surface area contributed by atoms with E-state index in [9.17, 15) is 0 Å². The van der Waals surface area contributed by atoms with Crippen LogP contribution in [0.5, 0.6) is 0 Å². The number of unbranched alkanes of at least 4 members (excludes halogenated alkanes) is 1. The van der Waals surface area contributed by atoms with Crippen molar-refractivity contribution < 1.29 is 4.74 Å². The van der Waals surface area contributed by atoms with Gasteiger partial charge in [-0.2, -0.15) is 0 Å². The Hall–Kier alpha value is -0.820. The fraction of sp³-hybridized carbons (Fsp3) is 0.538. The molecule has 0 aromatic heterocycles. The number of ether oxygens (including phenoxy) is 1. The van der Waals surface area contributed by atoms with Crippen LogP contribution in [0, 0.1) is 0 Å². The van der Waals surface area contributed by atoms with Gasteiger partial charge in [0.05, 0.1) is 12.7 Å². The summed E-state index contributed by atoms with van der Waals surface area (Å²) in [4.78, 5) is 0. The molecule has 2 rings (SSSR count). The van der Waals surface area contributed by atoms with E-state index in [1.54, 1.807) is 0 Å². The van der Waals surface area contributed by atoms with E-state index >= 15 is 0 Å². The van der Waals surface area contributed by atoms with Crippen LogP contribution in [-0.2, 0) is 4.74 Å². The largest absolute Gasteiger partial charge is 0.372 e. The maximum absolute atomic E-state index is 5.42. The highest BCUT2D eigenvalue weighted by atomic mass is 16.6. The lowest BCUT2D eigenvalue weighted by atomic mass is 9.91. The van der Waals surface area contributed by atoms with Gasteiger partial charge in [0.25, 0.3) is 0 Å². The zero-order valence-electron chi connectivity index (χ0n) is 8.78. The van der Waals surface area contributed by atoms with Gasteiger partial charge in [0, 0.05) is 5.92 Å². The lowest BCUT2D eigenvalue weighted by Crippen LogP contribution is -2.06. The van der Waals surface area contributed by atoms with Crippen LogP contribution in [-0.4, -0.2) is 12.7 Å². The van der Waals surface area contributed by atoms with Gasteiger partial charge < -0.3 is 4.74 Å². The first kappa shape index (κ1) is 9.72. The second-order valence-electron chi connectivity index (χ2n) is 4.03. The topological polar surface area (TPSA) is 12.5 Å². The molecule has 1 saturated heterocycles. The predicted octanol–water partition coefficient (Wildman–Crippen LogP) is 3.36. The van der Waals surface area contributed by atoms with E-state index in [1.165, 1.54) is 24.8 Å². The Kier molecular flexibility index (Phi) is 3.20. The number of hydrogen-bond donors (Lipinski definition) is 0. The lowest BCUT2D eigenvalue weighted by molar-refractivity contribution is 0.361. The summed E-state index contributed by atoms with van der Waals surface area (Å²) >= 11 is 0. The van der Waals surface area contributed by atoms with E-state index in [0.717, 1.165) is 6.61 Å². The summed E-state index contributed by atoms with van der Waals surface area (Å²) in [6.45, 7) is 3.21. The molecular formula is C13H18O. The minimum absolute atomic E-state index is 0.504. The van der Waals surface area contributed by atoms with Gasteiger partial charge in [0.1, 0.15) is 0 Å². The van der Waals surface area contributed by atoms with Crippen molar-refractivity contribution in [3.63, 3.8) is 0 Å². The maximum atomic E-state index is 5.42. The minimum atomic E-state index is 0.504. The predicted molar refractivity (Wildman–Crippen MR) is 58.4 cm³/mol. The maximum Gasteiger partial charge on any atom is 0.0878 e. The number of epoxide rings is 1. The Labute approximate surface area is 86.1 Å². The molecule has 1 heterocycles. The molecule has 1 aliphatic rings. The highest BCUT2D eigenvalue weighted by Gasteiger charge is 2.32. The number of benzene rings is 1. The summed E-state index contributed by atoms with van der Waals surface area (Å²) in [7, 11) is 0. The third-order valence-electron chi connectivity index (χ3n) is 2.90. The highest BCUT2D eigenvalue weighted by molar-refractivity contribution is 5.21. The summed E-state index contributed by atoms with van der Waals surface area (Å²) in [6, 6.07) is 10.8. The second kappa shape index (κ2) is 4.61. The van der Waals surface area contributed by atoms with Gasteiger partial charge in [-0.1, -0.05) is 50.1 Å². The summed E-state index contributed by atoms with van der Waals surface area (Å²) in [5.41, 5.74) is 1.45. The SMILES string of the molecule is CCCCC(c1ccccc1)C1CO1. The second-order valence-corrected chi connectivity index (χ2v) is 4.03. The number of rotatable bonds is 5. The Morgan fingerprint density at radius 3 is 2.64 bits per heavy atom. The monoisotopic (exact) mass is 190 g/mol. The molecule has 1 aromatic rings. The summed E-state index contributed by atoms with van der Waals surface area (Å²) in [5.74, 6) is 0.635. The van der Waals surface area contributed by atoms with Crippen molar-refractivity contribution in [1.29, 1.82) is 0 Å². The molecule has 2 unspecified atom stereocenters. The molecule has 0 radical (unpaired) electrons. The van der Waals surface area contributed by atoms with Gasteiger partial charge in [0.2, 0.25) is 0 Å². The van der Waals surface area contributed by atoms with Crippen LogP contribution in [0.3, 0.4) is 0 Å². The van der Waals surface area contributed by atoms with Crippen molar-refractivity contribution in [1.82, 2.24) is 0 Å². The fourth-order valence-electron chi connectivity index (χ4n) is 1.98. The van der Waals surface area contributed by atoms with Crippen LogP contribution >= 0.6 is 0 Å². The summed E-state index contributed by atoms with van der Waals surface area (Å²) in [5, 5.41) is 0. The molecule has 1 heteroatoms. The molecular weight excluding hydrogens is 172 g/mol. The molecule has 0 aliphatic carbocycles. The normalized spacial score (nSPS) is 21.9. The van der Waals surface area contributed by atoms with Gasteiger partial charge >= 0.3 is 0 Å². The summed E-state index contributed by atoms with van der Waals surface area (Å²) in [6.07, 6.45) is 4.35. The van der Waals surface area contributed by atoms with E-state index in [1.807, 2.05) is 0 Å². The first-order chi connectivity index (χ1) is 6.92. The molecule has 0 spiro atoms. The lowest BCUT2D eigenvalue weighted by Gasteiger charge is -2.14. The van der Waals surface area contributed by atoms with Crippen LogP contribution in [0.2, 0.25) is 0 Å². The third-order valence-corrected chi connectivity index (χ3v) is 2.90. The molecule has 1 fully saturated rings. The first-order valence-corrected chi connectivity index (χ1v) is 5.58. The fourth-order valence-corrected chi connectivity index (χ4v) is 1.98. The molecule has 0 saturated carbocycles. The van der Waals surface area contributed by atoms with Gasteiger partial charge in [-0.25, -0.2) is 0 Å². The van der Waals surface area contributed by atoms with Gasteiger partial charge in [-0.05, 0) is 12.0 Å². The van der Waals surface area contributed by atoms with Gasteiger partial charge in [0.15, 0.2) is 0 Å². The van der Waals surface area contributed by atoms with Crippen LogP contribution in [0.4, 0.5) is 0 Å². The molecule has 1 nitrogen and oxygen atoms in total. The molecule has 2 atom stereocenters. The molecule has 0 amide bonds. The van der Waals surface area contributed by atoms with E-state index < -0.39 is 0 Å². The van der Waals surface area contributed by atoms with Crippen molar-refractivity contribution in [3.05, 3.63) is 35.9 Å². The van der Waals surface area contributed by atoms with E-state index in [0.29, 0.717) is 12.0 Å². The molecule has 14 heavy (non-hydrogen) atoms.